The first-order valence-electron chi connectivity index (χ1n) is 14.8. The molecule has 0 amide bonds. The molecule has 0 N–H and O–H groups in total. The minimum Gasteiger partial charge on any atom is -0.452 e. The van der Waals surface area contributed by atoms with E-state index in [1.165, 1.54) is 0 Å². The summed E-state index contributed by atoms with van der Waals surface area (Å²) in [6, 6.07) is 34.3. The SMILES string of the molecule is Cc1ccc(C(OC(=O)C(C)(C)C)c2ccccc2C(OC(=O)C(C)(C)C)c2cccc3ccccc23)c2ccccc12. The van der Waals surface area contributed by atoms with Crippen molar-refractivity contribution in [3.8, 4) is 0 Å². The summed E-state index contributed by atoms with van der Waals surface area (Å²) in [5, 5.41) is 4.15. The Kier molecular flexibility index (Phi) is 8.16. The van der Waals surface area contributed by atoms with Crippen molar-refractivity contribution >= 4 is 33.5 Å². The highest BCUT2D eigenvalue weighted by atomic mass is 16.6. The molecule has 2 unspecified atom stereocenters. The average Bonchev–Trinajstić information content (AvgIpc) is 2.98. The molecule has 0 bridgehead atoms. The summed E-state index contributed by atoms with van der Waals surface area (Å²) in [6.07, 6.45) is -1.47. The molecule has 0 aliphatic carbocycles. The molecule has 4 heteroatoms. The van der Waals surface area contributed by atoms with Crippen LogP contribution in [0.5, 0.6) is 0 Å². The fraction of sp³-hybridized carbons (Fsp3) is 0.282. The fourth-order valence-electron chi connectivity index (χ4n) is 5.33. The number of carbonyl (C=O) groups excluding carboxylic acids is 2. The van der Waals surface area contributed by atoms with Crippen molar-refractivity contribution in [1.82, 2.24) is 0 Å². The molecule has 0 aliphatic heterocycles. The van der Waals surface area contributed by atoms with E-state index in [2.05, 4.69) is 43.3 Å². The molecule has 2 atom stereocenters. The quantitative estimate of drug-likeness (QED) is 0.190. The average molecular weight is 573 g/mol. The topological polar surface area (TPSA) is 52.6 Å². The Balaban J connectivity index is 1.78. The third-order valence-corrected chi connectivity index (χ3v) is 7.80. The van der Waals surface area contributed by atoms with Crippen LogP contribution in [0.2, 0.25) is 0 Å². The molecule has 4 nitrogen and oxygen atoms in total. The standard InChI is InChI=1S/C39H40O4/c1-25-23-24-33(29-19-11-10-17-27(25)29)35(43-37(41)39(5,6)7)32-21-13-12-20-31(32)34(42-36(40)38(2,3)4)30-22-14-16-26-15-8-9-18-28(26)30/h8-24,34-35H,1-7H3. The monoisotopic (exact) mass is 572 g/mol. The van der Waals surface area contributed by atoms with Crippen LogP contribution in [0.25, 0.3) is 21.5 Å². The molecule has 0 saturated carbocycles. The molecule has 0 spiro atoms. The normalized spacial score (nSPS) is 13.5. The number of benzene rings is 5. The second-order valence-corrected chi connectivity index (χ2v) is 13.3. The summed E-state index contributed by atoms with van der Waals surface area (Å²) < 4.78 is 12.9. The molecule has 0 radical (unpaired) electrons. The van der Waals surface area contributed by atoms with Gasteiger partial charge in [0, 0.05) is 22.3 Å². The van der Waals surface area contributed by atoms with Crippen molar-refractivity contribution in [2.24, 2.45) is 10.8 Å². The van der Waals surface area contributed by atoms with Gasteiger partial charge in [0.2, 0.25) is 0 Å². The van der Waals surface area contributed by atoms with Gasteiger partial charge in [-0.15, -0.1) is 0 Å². The highest BCUT2D eigenvalue weighted by Gasteiger charge is 2.34. The molecule has 0 saturated heterocycles. The molecule has 220 valence electrons. The van der Waals surface area contributed by atoms with Crippen LogP contribution in [0.4, 0.5) is 0 Å². The smallest absolute Gasteiger partial charge is 0.312 e. The number of rotatable bonds is 6. The number of carbonyl (C=O) groups is 2. The molecule has 0 aromatic heterocycles. The van der Waals surface area contributed by atoms with Gasteiger partial charge in [0.1, 0.15) is 0 Å². The predicted octanol–water partition coefficient (Wildman–Crippen LogP) is 9.66. The van der Waals surface area contributed by atoms with Crippen LogP contribution in [0, 0.1) is 17.8 Å². The summed E-state index contributed by atoms with van der Waals surface area (Å²) in [6.45, 7) is 13.2. The van der Waals surface area contributed by atoms with E-state index in [4.69, 9.17) is 9.47 Å². The van der Waals surface area contributed by atoms with Crippen molar-refractivity contribution in [2.45, 2.75) is 60.7 Å². The number of ether oxygens (including phenoxy) is 2. The lowest BCUT2D eigenvalue weighted by Gasteiger charge is -2.30. The summed E-state index contributed by atoms with van der Waals surface area (Å²) in [7, 11) is 0. The highest BCUT2D eigenvalue weighted by molar-refractivity contribution is 5.90. The van der Waals surface area contributed by atoms with Crippen LogP contribution >= 0.6 is 0 Å². The van der Waals surface area contributed by atoms with Crippen LogP contribution in [0.15, 0.2) is 103 Å². The number of aryl methyl sites for hydroxylation is 1. The molecule has 0 aliphatic rings. The number of hydrogen-bond acceptors (Lipinski definition) is 4. The van der Waals surface area contributed by atoms with E-state index in [-0.39, 0.29) is 11.9 Å². The minimum atomic E-state index is -0.737. The van der Waals surface area contributed by atoms with Crippen molar-refractivity contribution < 1.29 is 19.1 Å². The first kappa shape index (κ1) is 30.0. The molecular formula is C39H40O4. The fourth-order valence-corrected chi connectivity index (χ4v) is 5.33. The van der Waals surface area contributed by atoms with E-state index in [0.29, 0.717) is 0 Å². The van der Waals surface area contributed by atoms with Crippen LogP contribution in [0.1, 0.15) is 81.6 Å². The zero-order valence-electron chi connectivity index (χ0n) is 26.1. The molecule has 43 heavy (non-hydrogen) atoms. The summed E-state index contributed by atoms with van der Waals surface area (Å²) in [5.74, 6) is -0.630. The first-order valence-corrected chi connectivity index (χ1v) is 14.8. The Bertz CT molecular complexity index is 1800. The molecule has 0 fully saturated rings. The molecular weight excluding hydrogens is 532 g/mol. The third kappa shape index (κ3) is 6.19. The minimum absolute atomic E-state index is 0.314. The number of esters is 2. The maximum Gasteiger partial charge on any atom is 0.312 e. The zero-order chi connectivity index (χ0) is 30.9. The highest BCUT2D eigenvalue weighted by Crippen LogP contribution is 2.42. The first-order chi connectivity index (χ1) is 20.4. The van der Waals surface area contributed by atoms with E-state index in [1.807, 2.05) is 108 Å². The van der Waals surface area contributed by atoms with Crippen molar-refractivity contribution in [2.75, 3.05) is 0 Å². The second kappa shape index (κ2) is 11.7. The Morgan fingerprint density at radius 1 is 0.488 bits per heavy atom. The zero-order valence-corrected chi connectivity index (χ0v) is 26.1. The van der Waals surface area contributed by atoms with Crippen molar-refractivity contribution in [3.05, 3.63) is 131 Å². The van der Waals surface area contributed by atoms with Gasteiger partial charge in [-0.05, 0) is 75.6 Å². The van der Waals surface area contributed by atoms with E-state index < -0.39 is 23.0 Å². The molecule has 5 rings (SSSR count). The van der Waals surface area contributed by atoms with Crippen LogP contribution < -0.4 is 0 Å². The predicted molar refractivity (Wildman–Crippen MR) is 174 cm³/mol. The van der Waals surface area contributed by atoms with Gasteiger partial charge in [-0.1, -0.05) is 103 Å². The maximum absolute atomic E-state index is 13.6. The van der Waals surface area contributed by atoms with Gasteiger partial charge in [0.25, 0.3) is 0 Å². The van der Waals surface area contributed by atoms with Gasteiger partial charge >= 0.3 is 11.9 Å². The maximum atomic E-state index is 13.6. The molecule has 5 aromatic rings. The third-order valence-electron chi connectivity index (χ3n) is 7.80. The van der Waals surface area contributed by atoms with Crippen LogP contribution in [-0.4, -0.2) is 11.9 Å². The summed E-state index contributed by atoms with van der Waals surface area (Å²) in [5.41, 5.74) is 3.00. The number of fused-ring (bicyclic) bond motifs is 2. The summed E-state index contributed by atoms with van der Waals surface area (Å²) >= 11 is 0. The van der Waals surface area contributed by atoms with E-state index in [1.54, 1.807) is 0 Å². The Morgan fingerprint density at radius 2 is 0.907 bits per heavy atom. The van der Waals surface area contributed by atoms with Gasteiger partial charge in [0.05, 0.1) is 10.8 Å². The molecule has 0 heterocycles. The van der Waals surface area contributed by atoms with E-state index in [9.17, 15) is 9.59 Å². The number of hydrogen-bond donors (Lipinski definition) is 0. The Hall–Kier alpha value is -4.44. The lowest BCUT2D eigenvalue weighted by Crippen LogP contribution is -2.28. The van der Waals surface area contributed by atoms with Gasteiger partial charge in [-0.25, -0.2) is 0 Å². The van der Waals surface area contributed by atoms with Gasteiger partial charge in [0.15, 0.2) is 12.2 Å². The van der Waals surface area contributed by atoms with E-state index >= 15 is 0 Å². The van der Waals surface area contributed by atoms with Gasteiger partial charge < -0.3 is 9.47 Å². The van der Waals surface area contributed by atoms with E-state index in [0.717, 1.165) is 49.4 Å². The second-order valence-electron chi connectivity index (χ2n) is 13.3. The van der Waals surface area contributed by atoms with Crippen molar-refractivity contribution in [3.63, 3.8) is 0 Å². The lowest BCUT2D eigenvalue weighted by molar-refractivity contribution is -0.158. The molecule has 5 aromatic carbocycles. The lowest BCUT2D eigenvalue weighted by atomic mass is 9.86. The van der Waals surface area contributed by atoms with Crippen LogP contribution in [0.3, 0.4) is 0 Å². The van der Waals surface area contributed by atoms with Crippen molar-refractivity contribution in [1.29, 1.82) is 0 Å². The Morgan fingerprint density at radius 3 is 1.47 bits per heavy atom. The summed E-state index contributed by atoms with van der Waals surface area (Å²) in [4.78, 5) is 27.1. The van der Waals surface area contributed by atoms with Crippen LogP contribution in [-0.2, 0) is 19.1 Å². The largest absolute Gasteiger partial charge is 0.452 e. The van der Waals surface area contributed by atoms with Gasteiger partial charge in [-0.3, -0.25) is 9.59 Å². The van der Waals surface area contributed by atoms with Gasteiger partial charge in [-0.2, -0.15) is 0 Å². The Labute approximate surface area is 254 Å².